The van der Waals surface area contributed by atoms with Crippen LogP contribution in [0.5, 0.6) is 0 Å². The van der Waals surface area contributed by atoms with Gasteiger partial charge in [0.25, 0.3) is 0 Å². The first-order valence-corrected chi connectivity index (χ1v) is 10.5. The molecule has 0 radical (unpaired) electrons. The number of aromatic amines is 1. The van der Waals surface area contributed by atoms with E-state index in [-0.39, 0.29) is 16.3 Å². The third-order valence-electron chi connectivity index (χ3n) is 4.65. The number of H-pyrrole nitrogens is 1. The van der Waals surface area contributed by atoms with E-state index in [1.807, 2.05) is 13.0 Å². The van der Waals surface area contributed by atoms with Gasteiger partial charge < -0.3 is 0 Å². The molecule has 2 aromatic carbocycles. The number of alkyl halides is 3. The van der Waals surface area contributed by atoms with Crippen molar-refractivity contribution in [2.24, 2.45) is 5.14 Å². The number of aryl methyl sites for hydroxylation is 1. The number of primary sulfonamides is 1. The van der Waals surface area contributed by atoms with Crippen LogP contribution in [0.2, 0.25) is 0 Å². The molecule has 0 atom stereocenters. The lowest BCUT2D eigenvalue weighted by Gasteiger charge is -2.12. The minimum absolute atomic E-state index is 0.158. The van der Waals surface area contributed by atoms with Crippen LogP contribution in [0, 0.1) is 6.92 Å². The average Bonchev–Trinajstić information content (AvgIpc) is 3.37. The Kier molecular flexibility index (Phi) is 4.94. The van der Waals surface area contributed by atoms with Crippen LogP contribution < -0.4 is 5.14 Å². The summed E-state index contributed by atoms with van der Waals surface area (Å²) < 4.78 is 64.7. The summed E-state index contributed by atoms with van der Waals surface area (Å²) in [6.45, 7) is 1.83. The standard InChI is InChI=1S/C20H16F3N5O2S/c1-12-2-7-15(17-8-9-25-26-17)16(10-12)18-11-19(20(21,22)23)27-28(18)13-3-5-14(6-4-13)31(24,29)30/h2-11H,1H3,(H,25,26)(H2,24,29,30). The van der Waals surface area contributed by atoms with Gasteiger partial charge in [-0.1, -0.05) is 17.7 Å². The monoisotopic (exact) mass is 447 g/mol. The number of hydrogen-bond acceptors (Lipinski definition) is 4. The van der Waals surface area contributed by atoms with Crippen molar-refractivity contribution in [2.75, 3.05) is 0 Å². The van der Waals surface area contributed by atoms with Gasteiger partial charge in [0.05, 0.1) is 22.0 Å². The Hall–Kier alpha value is -3.44. The molecule has 31 heavy (non-hydrogen) atoms. The Morgan fingerprint density at radius 1 is 1.00 bits per heavy atom. The fourth-order valence-corrected chi connectivity index (χ4v) is 3.71. The molecule has 0 unspecified atom stereocenters. The van der Waals surface area contributed by atoms with E-state index in [0.29, 0.717) is 16.8 Å². The molecule has 4 rings (SSSR count). The number of nitrogens with two attached hydrogens (primary N) is 1. The molecule has 0 saturated heterocycles. The van der Waals surface area contributed by atoms with Crippen molar-refractivity contribution in [3.05, 3.63) is 72.1 Å². The molecule has 0 amide bonds. The fraction of sp³-hybridized carbons (Fsp3) is 0.100. The number of nitrogens with zero attached hydrogens (tertiary/aromatic N) is 3. The van der Waals surface area contributed by atoms with E-state index in [2.05, 4.69) is 15.3 Å². The Balaban J connectivity index is 1.96. The van der Waals surface area contributed by atoms with Crippen LogP contribution in [0.15, 0.2) is 65.7 Å². The lowest BCUT2D eigenvalue weighted by Crippen LogP contribution is -2.12. The van der Waals surface area contributed by atoms with Gasteiger partial charge in [-0.05, 0) is 49.4 Å². The first kappa shape index (κ1) is 20.8. The zero-order valence-corrected chi connectivity index (χ0v) is 16.9. The molecule has 7 nitrogen and oxygen atoms in total. The number of rotatable bonds is 4. The molecular weight excluding hydrogens is 431 g/mol. The van der Waals surface area contributed by atoms with Gasteiger partial charge >= 0.3 is 6.18 Å². The van der Waals surface area contributed by atoms with Crippen LogP contribution in [-0.4, -0.2) is 28.4 Å². The molecule has 0 bridgehead atoms. The highest BCUT2D eigenvalue weighted by molar-refractivity contribution is 7.89. The number of benzene rings is 2. The second-order valence-corrected chi connectivity index (χ2v) is 8.44. The largest absolute Gasteiger partial charge is 0.435 e. The molecule has 2 aromatic heterocycles. The highest BCUT2D eigenvalue weighted by Gasteiger charge is 2.35. The zero-order valence-electron chi connectivity index (χ0n) is 16.1. The Bertz CT molecular complexity index is 1340. The summed E-state index contributed by atoms with van der Waals surface area (Å²) in [6, 6.07) is 13.2. The molecule has 0 aliphatic carbocycles. The van der Waals surface area contributed by atoms with Crippen molar-refractivity contribution in [3.63, 3.8) is 0 Å². The SMILES string of the molecule is Cc1ccc(-c2ccn[nH]2)c(-c2cc(C(F)(F)F)nn2-c2ccc(S(N)(=O)=O)cc2)c1. The van der Waals surface area contributed by atoms with Crippen LogP contribution >= 0.6 is 0 Å². The number of nitrogens with one attached hydrogen (secondary N) is 1. The highest BCUT2D eigenvalue weighted by atomic mass is 32.2. The first-order chi connectivity index (χ1) is 14.5. The molecular formula is C20H16F3N5O2S. The molecule has 0 aliphatic heterocycles. The van der Waals surface area contributed by atoms with Crippen molar-refractivity contribution in [1.82, 2.24) is 20.0 Å². The van der Waals surface area contributed by atoms with Gasteiger partial charge in [-0.25, -0.2) is 18.2 Å². The molecule has 160 valence electrons. The molecule has 0 spiro atoms. The van der Waals surface area contributed by atoms with Gasteiger partial charge in [-0.2, -0.15) is 23.4 Å². The number of sulfonamides is 1. The average molecular weight is 447 g/mol. The summed E-state index contributed by atoms with van der Waals surface area (Å²) in [4.78, 5) is -0.158. The first-order valence-electron chi connectivity index (χ1n) is 8.95. The van der Waals surface area contributed by atoms with Gasteiger partial charge in [0, 0.05) is 17.3 Å². The van der Waals surface area contributed by atoms with E-state index in [0.717, 1.165) is 16.3 Å². The maximum Gasteiger partial charge on any atom is 0.435 e. The summed E-state index contributed by atoms with van der Waals surface area (Å²) in [5.74, 6) is 0. The zero-order chi connectivity index (χ0) is 22.4. The molecule has 3 N–H and O–H groups in total. The fourth-order valence-electron chi connectivity index (χ4n) is 3.20. The number of hydrogen-bond donors (Lipinski definition) is 2. The summed E-state index contributed by atoms with van der Waals surface area (Å²) in [5, 5.41) is 15.6. The second-order valence-electron chi connectivity index (χ2n) is 6.88. The summed E-state index contributed by atoms with van der Waals surface area (Å²) >= 11 is 0. The van der Waals surface area contributed by atoms with Crippen molar-refractivity contribution < 1.29 is 21.6 Å². The topological polar surface area (TPSA) is 107 Å². The van der Waals surface area contributed by atoms with Crippen molar-refractivity contribution in [3.8, 4) is 28.2 Å². The van der Waals surface area contributed by atoms with Crippen LogP contribution in [0.4, 0.5) is 13.2 Å². The lowest BCUT2D eigenvalue weighted by molar-refractivity contribution is -0.141. The van der Waals surface area contributed by atoms with Gasteiger partial charge in [0.1, 0.15) is 0 Å². The lowest BCUT2D eigenvalue weighted by atomic mass is 9.99. The third kappa shape index (κ3) is 4.09. The van der Waals surface area contributed by atoms with Crippen LogP contribution in [-0.2, 0) is 16.2 Å². The van der Waals surface area contributed by atoms with E-state index in [1.165, 1.54) is 24.3 Å². The smallest absolute Gasteiger partial charge is 0.278 e. The van der Waals surface area contributed by atoms with Crippen LogP contribution in [0.25, 0.3) is 28.2 Å². The summed E-state index contributed by atoms with van der Waals surface area (Å²) in [5.41, 5.74) is 1.96. The van der Waals surface area contributed by atoms with E-state index in [4.69, 9.17) is 5.14 Å². The predicted molar refractivity (Wildman–Crippen MR) is 108 cm³/mol. The minimum atomic E-state index is -4.67. The molecule has 0 aliphatic rings. The quantitative estimate of drug-likeness (QED) is 0.495. The van der Waals surface area contributed by atoms with Crippen molar-refractivity contribution in [2.45, 2.75) is 18.0 Å². The third-order valence-corrected chi connectivity index (χ3v) is 5.58. The van der Waals surface area contributed by atoms with E-state index in [1.54, 1.807) is 24.4 Å². The molecule has 0 saturated carbocycles. The van der Waals surface area contributed by atoms with Crippen molar-refractivity contribution in [1.29, 1.82) is 0 Å². The van der Waals surface area contributed by atoms with Crippen LogP contribution in [0.3, 0.4) is 0 Å². The Morgan fingerprint density at radius 2 is 1.71 bits per heavy atom. The highest BCUT2D eigenvalue weighted by Crippen LogP contribution is 2.37. The maximum atomic E-state index is 13.5. The molecule has 0 fully saturated rings. The summed E-state index contributed by atoms with van der Waals surface area (Å²) in [7, 11) is -3.94. The second kappa shape index (κ2) is 7.36. The normalized spacial score (nSPS) is 12.3. The molecule has 11 heteroatoms. The van der Waals surface area contributed by atoms with E-state index >= 15 is 0 Å². The molecule has 2 heterocycles. The van der Waals surface area contributed by atoms with Gasteiger partial charge in [-0.15, -0.1) is 0 Å². The van der Waals surface area contributed by atoms with Crippen LogP contribution in [0.1, 0.15) is 11.3 Å². The predicted octanol–water partition coefficient (Wildman–Crippen LogP) is 3.90. The number of aromatic nitrogens is 4. The van der Waals surface area contributed by atoms with E-state index in [9.17, 15) is 21.6 Å². The van der Waals surface area contributed by atoms with Gasteiger partial charge in [-0.3, -0.25) is 5.10 Å². The Labute approximate surface area is 175 Å². The maximum absolute atomic E-state index is 13.5. The van der Waals surface area contributed by atoms with Gasteiger partial charge in [0.15, 0.2) is 5.69 Å². The Morgan fingerprint density at radius 3 is 2.29 bits per heavy atom. The van der Waals surface area contributed by atoms with E-state index < -0.39 is 21.9 Å². The summed E-state index contributed by atoms with van der Waals surface area (Å²) in [6.07, 6.45) is -3.12. The molecule has 4 aromatic rings. The van der Waals surface area contributed by atoms with Crippen molar-refractivity contribution >= 4 is 10.0 Å². The van der Waals surface area contributed by atoms with Gasteiger partial charge in [0.2, 0.25) is 10.0 Å². The minimum Gasteiger partial charge on any atom is -0.278 e. The number of halogens is 3.